The van der Waals surface area contributed by atoms with Crippen LogP contribution in [0.5, 0.6) is 0 Å². The van der Waals surface area contributed by atoms with E-state index in [1.54, 1.807) is 6.07 Å². The maximum atomic E-state index is 12.4. The normalized spacial score (nSPS) is 16.7. The van der Waals surface area contributed by atoms with Crippen molar-refractivity contribution >= 4 is 17.5 Å². The van der Waals surface area contributed by atoms with Gasteiger partial charge in [-0.2, -0.15) is 0 Å². The summed E-state index contributed by atoms with van der Waals surface area (Å²) in [5.41, 5.74) is 1.62. The molecule has 1 fully saturated rings. The van der Waals surface area contributed by atoms with E-state index in [4.69, 9.17) is 16.7 Å². The summed E-state index contributed by atoms with van der Waals surface area (Å²) in [6.07, 6.45) is 0. The Balaban J connectivity index is 2.01. The average molecular weight is 283 g/mol. The van der Waals surface area contributed by atoms with Crippen LogP contribution in [0.3, 0.4) is 0 Å². The highest BCUT2D eigenvalue weighted by Gasteiger charge is 2.23. The highest BCUT2D eigenvalue weighted by atomic mass is 35.5. The van der Waals surface area contributed by atoms with E-state index >= 15 is 0 Å². The van der Waals surface area contributed by atoms with Gasteiger partial charge in [0.25, 0.3) is 5.91 Å². The first kappa shape index (κ1) is 14.3. The van der Waals surface area contributed by atoms with Gasteiger partial charge in [0.05, 0.1) is 17.2 Å². The van der Waals surface area contributed by atoms with Crippen LogP contribution in [-0.4, -0.2) is 60.1 Å². The Morgan fingerprint density at radius 2 is 2.00 bits per heavy atom. The number of aryl methyl sites for hydroxylation is 1. The van der Waals surface area contributed by atoms with Crippen molar-refractivity contribution in [1.29, 1.82) is 0 Å². The molecule has 1 heterocycles. The summed E-state index contributed by atoms with van der Waals surface area (Å²) in [6, 6.07) is 5.51. The van der Waals surface area contributed by atoms with E-state index in [0.717, 1.165) is 18.7 Å². The predicted molar refractivity (Wildman–Crippen MR) is 75.6 cm³/mol. The zero-order chi connectivity index (χ0) is 13.8. The summed E-state index contributed by atoms with van der Waals surface area (Å²) in [7, 11) is 0. The van der Waals surface area contributed by atoms with Crippen molar-refractivity contribution in [1.82, 2.24) is 9.80 Å². The lowest BCUT2D eigenvalue weighted by Gasteiger charge is -2.34. The maximum absolute atomic E-state index is 12.4. The van der Waals surface area contributed by atoms with Crippen molar-refractivity contribution < 1.29 is 9.90 Å². The largest absolute Gasteiger partial charge is 0.395 e. The fraction of sp³-hybridized carbons (Fsp3) is 0.500. The standard InChI is InChI=1S/C14H19ClN2O2/c1-11-2-3-12(13(15)10-11)14(19)17-6-4-16(5-7-17)8-9-18/h2-3,10,18H,4-9H2,1H3. The molecule has 1 amide bonds. The molecule has 1 aliphatic rings. The highest BCUT2D eigenvalue weighted by Crippen LogP contribution is 2.20. The van der Waals surface area contributed by atoms with Crippen LogP contribution in [-0.2, 0) is 0 Å². The van der Waals surface area contributed by atoms with Gasteiger partial charge < -0.3 is 10.0 Å². The van der Waals surface area contributed by atoms with E-state index < -0.39 is 0 Å². The van der Waals surface area contributed by atoms with Crippen LogP contribution < -0.4 is 0 Å². The third-order valence-corrected chi connectivity index (χ3v) is 3.74. The molecule has 1 aromatic rings. The molecule has 1 aliphatic heterocycles. The molecule has 104 valence electrons. The summed E-state index contributed by atoms with van der Waals surface area (Å²) in [4.78, 5) is 16.3. The summed E-state index contributed by atoms with van der Waals surface area (Å²) < 4.78 is 0. The predicted octanol–water partition coefficient (Wildman–Crippen LogP) is 1.40. The number of carbonyl (C=O) groups is 1. The van der Waals surface area contributed by atoms with Gasteiger partial charge in [0.1, 0.15) is 0 Å². The summed E-state index contributed by atoms with van der Waals surface area (Å²) >= 11 is 6.13. The molecule has 0 aliphatic carbocycles. The Labute approximate surface area is 118 Å². The number of rotatable bonds is 3. The fourth-order valence-corrected chi connectivity index (χ4v) is 2.60. The zero-order valence-corrected chi connectivity index (χ0v) is 11.9. The monoisotopic (exact) mass is 282 g/mol. The molecule has 0 radical (unpaired) electrons. The van der Waals surface area contributed by atoms with Gasteiger partial charge in [0.2, 0.25) is 0 Å². The topological polar surface area (TPSA) is 43.8 Å². The first-order chi connectivity index (χ1) is 9.11. The Bertz CT molecular complexity index is 457. The number of hydrogen-bond donors (Lipinski definition) is 1. The minimum atomic E-state index is -0.00588. The van der Waals surface area contributed by atoms with Gasteiger partial charge in [-0.3, -0.25) is 9.69 Å². The second-order valence-electron chi connectivity index (χ2n) is 4.84. The third-order valence-electron chi connectivity index (χ3n) is 3.43. The van der Waals surface area contributed by atoms with Gasteiger partial charge in [-0.05, 0) is 24.6 Å². The quantitative estimate of drug-likeness (QED) is 0.911. The Morgan fingerprint density at radius 3 is 2.58 bits per heavy atom. The molecule has 0 atom stereocenters. The maximum Gasteiger partial charge on any atom is 0.255 e. The number of β-amino-alcohol motifs (C(OH)–C–C–N with tert-alkyl or cyclic N) is 1. The molecular weight excluding hydrogens is 264 g/mol. The average Bonchev–Trinajstić information content (AvgIpc) is 2.39. The number of piperazine rings is 1. The molecule has 1 N–H and O–H groups in total. The lowest BCUT2D eigenvalue weighted by molar-refractivity contribution is 0.0615. The summed E-state index contributed by atoms with van der Waals surface area (Å²) in [5.74, 6) is -0.00588. The van der Waals surface area contributed by atoms with Crippen LogP contribution in [0.4, 0.5) is 0 Å². The number of aliphatic hydroxyl groups is 1. The second-order valence-corrected chi connectivity index (χ2v) is 5.25. The van der Waals surface area contributed by atoms with E-state index in [-0.39, 0.29) is 12.5 Å². The molecular formula is C14H19ClN2O2. The number of nitrogens with zero attached hydrogens (tertiary/aromatic N) is 2. The van der Waals surface area contributed by atoms with Crippen LogP contribution in [0.15, 0.2) is 18.2 Å². The Hall–Kier alpha value is -1.10. The second kappa shape index (κ2) is 6.37. The fourth-order valence-electron chi connectivity index (χ4n) is 2.28. The lowest BCUT2D eigenvalue weighted by atomic mass is 10.1. The first-order valence-electron chi connectivity index (χ1n) is 6.50. The molecule has 4 nitrogen and oxygen atoms in total. The smallest absolute Gasteiger partial charge is 0.255 e. The SMILES string of the molecule is Cc1ccc(C(=O)N2CCN(CCO)CC2)c(Cl)c1. The minimum absolute atomic E-state index is 0.00588. The molecule has 1 aromatic carbocycles. The molecule has 0 saturated carbocycles. The number of amides is 1. The minimum Gasteiger partial charge on any atom is -0.395 e. The van der Waals surface area contributed by atoms with Crippen LogP contribution >= 0.6 is 11.6 Å². The zero-order valence-electron chi connectivity index (χ0n) is 11.1. The van der Waals surface area contributed by atoms with E-state index in [0.29, 0.717) is 30.2 Å². The third kappa shape index (κ3) is 3.47. The van der Waals surface area contributed by atoms with Crippen molar-refractivity contribution in [3.05, 3.63) is 34.3 Å². The van der Waals surface area contributed by atoms with Crippen LogP contribution in [0.1, 0.15) is 15.9 Å². The van der Waals surface area contributed by atoms with Gasteiger partial charge in [-0.1, -0.05) is 17.7 Å². The number of benzene rings is 1. The van der Waals surface area contributed by atoms with E-state index in [1.165, 1.54) is 0 Å². The number of carbonyl (C=O) groups excluding carboxylic acids is 1. The number of halogens is 1. The Morgan fingerprint density at radius 1 is 1.32 bits per heavy atom. The molecule has 1 saturated heterocycles. The van der Waals surface area contributed by atoms with Crippen molar-refractivity contribution in [2.75, 3.05) is 39.3 Å². The highest BCUT2D eigenvalue weighted by molar-refractivity contribution is 6.33. The molecule has 2 rings (SSSR count). The molecule has 0 bridgehead atoms. The van der Waals surface area contributed by atoms with Crippen molar-refractivity contribution in [2.45, 2.75) is 6.92 Å². The first-order valence-corrected chi connectivity index (χ1v) is 6.88. The van der Waals surface area contributed by atoms with Gasteiger partial charge in [0, 0.05) is 32.7 Å². The summed E-state index contributed by atoms with van der Waals surface area (Å²) in [5, 5.41) is 9.41. The van der Waals surface area contributed by atoms with Crippen LogP contribution in [0.25, 0.3) is 0 Å². The van der Waals surface area contributed by atoms with Gasteiger partial charge in [0.15, 0.2) is 0 Å². The van der Waals surface area contributed by atoms with Crippen molar-refractivity contribution in [3.63, 3.8) is 0 Å². The van der Waals surface area contributed by atoms with Crippen LogP contribution in [0.2, 0.25) is 5.02 Å². The lowest BCUT2D eigenvalue weighted by Crippen LogP contribution is -2.49. The number of hydrogen-bond acceptors (Lipinski definition) is 3. The molecule has 0 spiro atoms. The van der Waals surface area contributed by atoms with Crippen LogP contribution in [0, 0.1) is 6.92 Å². The van der Waals surface area contributed by atoms with Gasteiger partial charge >= 0.3 is 0 Å². The van der Waals surface area contributed by atoms with E-state index in [9.17, 15) is 4.79 Å². The number of aliphatic hydroxyl groups excluding tert-OH is 1. The van der Waals surface area contributed by atoms with E-state index in [2.05, 4.69) is 4.90 Å². The van der Waals surface area contributed by atoms with E-state index in [1.807, 2.05) is 24.0 Å². The molecule has 0 unspecified atom stereocenters. The molecule has 0 aromatic heterocycles. The molecule has 5 heteroatoms. The van der Waals surface area contributed by atoms with Gasteiger partial charge in [-0.25, -0.2) is 0 Å². The van der Waals surface area contributed by atoms with Gasteiger partial charge in [-0.15, -0.1) is 0 Å². The molecule has 19 heavy (non-hydrogen) atoms. The van der Waals surface area contributed by atoms with Crippen molar-refractivity contribution in [2.24, 2.45) is 0 Å². The Kier molecular flexibility index (Phi) is 4.80. The summed E-state index contributed by atoms with van der Waals surface area (Å²) in [6.45, 7) is 5.76. The van der Waals surface area contributed by atoms with Crippen molar-refractivity contribution in [3.8, 4) is 0 Å².